The van der Waals surface area contributed by atoms with Gasteiger partial charge in [0.15, 0.2) is 0 Å². The van der Waals surface area contributed by atoms with E-state index in [1.807, 2.05) is 0 Å². The second kappa shape index (κ2) is 4.60. The lowest BCUT2D eigenvalue weighted by atomic mass is 10.2. The van der Waals surface area contributed by atoms with E-state index in [0.29, 0.717) is 17.8 Å². The summed E-state index contributed by atoms with van der Waals surface area (Å²) in [4.78, 5) is 10.2. The second-order valence-corrected chi connectivity index (χ2v) is 2.98. The molecule has 0 radical (unpaired) electrons. The maximum Gasteiger partial charge on any atom is 0.305 e. The smallest absolute Gasteiger partial charge is 0.305 e. The van der Waals surface area contributed by atoms with Crippen LogP contribution in [0.25, 0.3) is 0 Å². The van der Waals surface area contributed by atoms with E-state index in [1.54, 1.807) is 19.1 Å². The summed E-state index contributed by atoms with van der Waals surface area (Å²) in [6, 6.07) is 4.68. The first-order chi connectivity index (χ1) is 6.61. The van der Waals surface area contributed by atoms with Gasteiger partial charge in [0, 0.05) is 17.8 Å². The van der Waals surface area contributed by atoms with Gasteiger partial charge in [-0.05, 0) is 19.1 Å². The minimum Gasteiger partial charge on any atom is -0.481 e. The van der Waals surface area contributed by atoms with E-state index >= 15 is 0 Å². The van der Waals surface area contributed by atoms with Gasteiger partial charge in [0.05, 0.1) is 6.42 Å². The van der Waals surface area contributed by atoms with E-state index in [0.717, 1.165) is 0 Å². The fourth-order valence-corrected chi connectivity index (χ4v) is 1.10. The molecule has 0 spiro atoms. The van der Waals surface area contributed by atoms with E-state index in [-0.39, 0.29) is 12.2 Å². The number of halogens is 1. The van der Waals surface area contributed by atoms with E-state index in [9.17, 15) is 9.18 Å². The average Bonchev–Trinajstić information content (AvgIpc) is 2.12. The number of nitrogens with one attached hydrogen (secondary N) is 1. The highest BCUT2D eigenvalue weighted by Gasteiger charge is 2.03. The summed E-state index contributed by atoms with van der Waals surface area (Å²) >= 11 is 0. The van der Waals surface area contributed by atoms with Crippen LogP contribution < -0.4 is 5.32 Å². The Morgan fingerprint density at radius 2 is 2.29 bits per heavy atom. The van der Waals surface area contributed by atoms with Crippen LogP contribution in [-0.2, 0) is 4.79 Å². The summed E-state index contributed by atoms with van der Waals surface area (Å²) in [5.74, 6) is -1.16. The van der Waals surface area contributed by atoms with Crippen molar-refractivity contribution in [1.82, 2.24) is 0 Å². The number of aliphatic carboxylic acids is 1. The Hall–Kier alpha value is -1.58. The Labute approximate surface area is 81.6 Å². The zero-order valence-electron chi connectivity index (χ0n) is 7.88. The molecular formula is C10H12FNO2. The lowest BCUT2D eigenvalue weighted by Crippen LogP contribution is -2.08. The van der Waals surface area contributed by atoms with Crippen LogP contribution in [0, 0.1) is 12.7 Å². The van der Waals surface area contributed by atoms with E-state index < -0.39 is 5.97 Å². The molecule has 0 aromatic heterocycles. The molecule has 1 aromatic rings. The van der Waals surface area contributed by atoms with Gasteiger partial charge in [-0.2, -0.15) is 0 Å². The van der Waals surface area contributed by atoms with Gasteiger partial charge < -0.3 is 10.4 Å². The Kier molecular flexibility index (Phi) is 3.45. The third-order valence-corrected chi connectivity index (χ3v) is 1.92. The molecule has 0 aliphatic carbocycles. The molecule has 1 rings (SSSR count). The summed E-state index contributed by atoms with van der Waals surface area (Å²) < 4.78 is 13.0. The number of anilines is 1. The summed E-state index contributed by atoms with van der Waals surface area (Å²) in [5.41, 5.74) is 1.16. The van der Waals surface area contributed by atoms with Crippen LogP contribution >= 0.6 is 0 Å². The molecule has 0 saturated carbocycles. The number of hydrogen-bond acceptors (Lipinski definition) is 2. The molecular weight excluding hydrogens is 185 g/mol. The minimum absolute atomic E-state index is 0.0238. The summed E-state index contributed by atoms with van der Waals surface area (Å²) in [6.45, 7) is 1.96. The zero-order valence-corrected chi connectivity index (χ0v) is 7.88. The maximum atomic E-state index is 13.0. The molecule has 1 aromatic carbocycles. The maximum absolute atomic E-state index is 13.0. The third kappa shape index (κ3) is 2.73. The van der Waals surface area contributed by atoms with Crippen molar-refractivity contribution in [2.75, 3.05) is 11.9 Å². The Bertz CT molecular complexity index is 339. The standard InChI is InChI=1S/C10H12FNO2/c1-7-8(11)3-2-4-9(7)12-6-5-10(13)14/h2-4,12H,5-6H2,1H3,(H,13,14). The van der Waals surface area contributed by atoms with Gasteiger partial charge in [-0.3, -0.25) is 4.79 Å². The van der Waals surface area contributed by atoms with Crippen LogP contribution in [0.15, 0.2) is 18.2 Å². The van der Waals surface area contributed by atoms with Crippen LogP contribution in [0.1, 0.15) is 12.0 Å². The van der Waals surface area contributed by atoms with Gasteiger partial charge in [0.25, 0.3) is 0 Å². The molecule has 4 heteroatoms. The number of carbonyl (C=O) groups is 1. The number of carboxylic acids is 1. The van der Waals surface area contributed by atoms with Crippen LogP contribution in [0.4, 0.5) is 10.1 Å². The molecule has 76 valence electrons. The van der Waals surface area contributed by atoms with Gasteiger partial charge in [-0.15, -0.1) is 0 Å². The molecule has 0 amide bonds. The van der Waals surface area contributed by atoms with Crippen molar-refractivity contribution in [3.05, 3.63) is 29.6 Å². The summed E-state index contributed by atoms with van der Waals surface area (Å²) in [6.07, 6.45) is 0.0238. The van der Waals surface area contributed by atoms with E-state index in [1.165, 1.54) is 6.07 Å². The highest BCUT2D eigenvalue weighted by atomic mass is 19.1. The highest BCUT2D eigenvalue weighted by Crippen LogP contribution is 2.16. The molecule has 2 N–H and O–H groups in total. The normalized spacial score (nSPS) is 9.86. The minimum atomic E-state index is -0.869. The number of carboxylic acid groups (broad SMARTS) is 1. The average molecular weight is 197 g/mol. The number of benzene rings is 1. The van der Waals surface area contributed by atoms with Crippen LogP contribution in [0.2, 0.25) is 0 Å². The SMILES string of the molecule is Cc1c(F)cccc1NCCC(=O)O. The predicted molar refractivity (Wildman–Crippen MR) is 51.9 cm³/mol. The van der Waals surface area contributed by atoms with Crippen LogP contribution in [-0.4, -0.2) is 17.6 Å². The second-order valence-electron chi connectivity index (χ2n) is 2.98. The molecule has 0 bridgehead atoms. The quantitative estimate of drug-likeness (QED) is 0.776. The molecule has 0 fully saturated rings. The summed E-state index contributed by atoms with van der Waals surface area (Å²) in [5, 5.41) is 11.3. The van der Waals surface area contributed by atoms with Crippen molar-refractivity contribution < 1.29 is 14.3 Å². The van der Waals surface area contributed by atoms with Crippen molar-refractivity contribution in [1.29, 1.82) is 0 Å². The van der Waals surface area contributed by atoms with E-state index in [2.05, 4.69) is 5.32 Å². The first kappa shape index (κ1) is 10.5. The largest absolute Gasteiger partial charge is 0.481 e. The lowest BCUT2D eigenvalue weighted by Gasteiger charge is -2.08. The van der Waals surface area contributed by atoms with Gasteiger partial charge >= 0.3 is 5.97 Å². The van der Waals surface area contributed by atoms with Gasteiger partial charge in [-0.1, -0.05) is 6.07 Å². The van der Waals surface area contributed by atoms with Crippen molar-refractivity contribution in [2.24, 2.45) is 0 Å². The van der Waals surface area contributed by atoms with Crippen molar-refractivity contribution >= 4 is 11.7 Å². The Morgan fingerprint density at radius 1 is 1.57 bits per heavy atom. The fourth-order valence-electron chi connectivity index (χ4n) is 1.10. The topological polar surface area (TPSA) is 49.3 Å². The molecule has 0 atom stereocenters. The van der Waals surface area contributed by atoms with Crippen LogP contribution in [0.5, 0.6) is 0 Å². The monoisotopic (exact) mass is 197 g/mol. The Balaban J connectivity index is 2.59. The highest BCUT2D eigenvalue weighted by molar-refractivity contribution is 5.67. The molecule has 3 nitrogen and oxygen atoms in total. The van der Waals surface area contributed by atoms with Crippen molar-refractivity contribution in [2.45, 2.75) is 13.3 Å². The third-order valence-electron chi connectivity index (χ3n) is 1.92. The lowest BCUT2D eigenvalue weighted by molar-refractivity contribution is -0.136. The van der Waals surface area contributed by atoms with Crippen molar-refractivity contribution in [3.8, 4) is 0 Å². The fraction of sp³-hybridized carbons (Fsp3) is 0.300. The molecule has 0 unspecified atom stereocenters. The predicted octanol–water partition coefficient (Wildman–Crippen LogP) is 2.02. The van der Waals surface area contributed by atoms with Crippen LogP contribution in [0.3, 0.4) is 0 Å². The molecule has 0 aliphatic rings. The van der Waals surface area contributed by atoms with Gasteiger partial charge in [0.1, 0.15) is 5.82 Å². The number of hydrogen-bond donors (Lipinski definition) is 2. The van der Waals surface area contributed by atoms with Crippen molar-refractivity contribution in [3.63, 3.8) is 0 Å². The van der Waals surface area contributed by atoms with Gasteiger partial charge in [-0.25, -0.2) is 4.39 Å². The molecule has 0 aliphatic heterocycles. The summed E-state index contributed by atoms with van der Waals surface area (Å²) in [7, 11) is 0. The molecule has 0 saturated heterocycles. The molecule has 14 heavy (non-hydrogen) atoms. The van der Waals surface area contributed by atoms with E-state index in [4.69, 9.17) is 5.11 Å². The Morgan fingerprint density at radius 3 is 2.93 bits per heavy atom. The first-order valence-corrected chi connectivity index (χ1v) is 4.32. The van der Waals surface area contributed by atoms with Gasteiger partial charge in [0.2, 0.25) is 0 Å². The first-order valence-electron chi connectivity index (χ1n) is 4.32. The number of rotatable bonds is 4. The molecule has 0 heterocycles. The zero-order chi connectivity index (χ0) is 10.6.